The van der Waals surface area contributed by atoms with Crippen molar-refractivity contribution in [3.63, 3.8) is 0 Å². The smallest absolute Gasteiger partial charge is 0.240 e. The van der Waals surface area contributed by atoms with Gasteiger partial charge in [-0.2, -0.15) is 0 Å². The summed E-state index contributed by atoms with van der Waals surface area (Å²) in [6.45, 7) is 6.12. The number of benzene rings is 2. The molecule has 0 aliphatic carbocycles. The summed E-state index contributed by atoms with van der Waals surface area (Å²) in [7, 11) is 0. The van der Waals surface area contributed by atoms with Crippen molar-refractivity contribution in [3.05, 3.63) is 84.2 Å². The van der Waals surface area contributed by atoms with Gasteiger partial charge in [0.2, 0.25) is 5.91 Å². The van der Waals surface area contributed by atoms with Crippen LogP contribution in [0.25, 0.3) is 17.1 Å². The highest BCUT2D eigenvalue weighted by Crippen LogP contribution is 2.36. The van der Waals surface area contributed by atoms with E-state index in [1.54, 1.807) is 12.4 Å². The highest BCUT2D eigenvalue weighted by Gasteiger charge is 2.34. The van der Waals surface area contributed by atoms with Gasteiger partial charge in [-0.3, -0.25) is 14.3 Å². The summed E-state index contributed by atoms with van der Waals surface area (Å²) in [5, 5.41) is 9.38. The second kappa shape index (κ2) is 8.83. The van der Waals surface area contributed by atoms with Gasteiger partial charge in [0.1, 0.15) is 0 Å². The number of rotatable bonds is 5. The Labute approximate surface area is 197 Å². The van der Waals surface area contributed by atoms with E-state index in [4.69, 9.17) is 0 Å². The van der Waals surface area contributed by atoms with Gasteiger partial charge in [-0.15, -0.1) is 10.2 Å². The third-order valence-corrected chi connectivity index (χ3v) is 7.03. The summed E-state index contributed by atoms with van der Waals surface area (Å²) in [4.78, 5) is 19.6. The molecule has 2 atom stereocenters. The van der Waals surface area contributed by atoms with E-state index in [1.807, 2.05) is 58.9 Å². The number of para-hydroxylation sites is 2. The lowest BCUT2D eigenvalue weighted by molar-refractivity contribution is -0.118. The normalized spacial score (nSPS) is 16.0. The van der Waals surface area contributed by atoms with Crippen molar-refractivity contribution in [2.75, 3.05) is 4.90 Å². The molecular weight excluding hydrogens is 430 g/mol. The minimum Gasteiger partial charge on any atom is -0.308 e. The van der Waals surface area contributed by atoms with E-state index >= 15 is 0 Å². The maximum Gasteiger partial charge on any atom is 0.240 e. The van der Waals surface area contributed by atoms with Crippen molar-refractivity contribution in [2.45, 2.75) is 43.6 Å². The molecule has 3 heterocycles. The van der Waals surface area contributed by atoms with Crippen molar-refractivity contribution in [3.8, 4) is 17.1 Å². The van der Waals surface area contributed by atoms with E-state index in [1.165, 1.54) is 17.3 Å². The third kappa shape index (κ3) is 3.93. The van der Waals surface area contributed by atoms with Gasteiger partial charge < -0.3 is 4.90 Å². The molecule has 0 radical (unpaired) electrons. The van der Waals surface area contributed by atoms with Gasteiger partial charge in [-0.1, -0.05) is 48.2 Å². The molecule has 0 saturated carbocycles. The fourth-order valence-electron chi connectivity index (χ4n) is 4.37. The first kappa shape index (κ1) is 21.4. The van der Waals surface area contributed by atoms with Gasteiger partial charge in [0.15, 0.2) is 11.0 Å². The summed E-state index contributed by atoms with van der Waals surface area (Å²) >= 11 is 1.44. The lowest BCUT2D eigenvalue weighted by Crippen LogP contribution is -2.40. The number of aromatic nitrogens is 4. The Balaban J connectivity index is 1.51. The van der Waals surface area contributed by atoms with Crippen LogP contribution in [0.3, 0.4) is 0 Å². The molecule has 6 nitrogen and oxygen atoms in total. The van der Waals surface area contributed by atoms with E-state index in [0.717, 1.165) is 34.7 Å². The van der Waals surface area contributed by atoms with Gasteiger partial charge in [-0.25, -0.2) is 0 Å². The van der Waals surface area contributed by atoms with E-state index in [2.05, 4.69) is 47.2 Å². The molecule has 0 spiro atoms. The molecule has 166 valence electrons. The summed E-state index contributed by atoms with van der Waals surface area (Å²) in [6, 6.07) is 20.3. The van der Waals surface area contributed by atoms with Crippen LogP contribution in [-0.4, -0.2) is 36.9 Å². The Morgan fingerprint density at radius 3 is 2.45 bits per heavy atom. The first-order chi connectivity index (χ1) is 16.0. The van der Waals surface area contributed by atoms with Crippen LogP contribution in [0.2, 0.25) is 0 Å². The predicted octanol–water partition coefficient (Wildman–Crippen LogP) is 5.10. The largest absolute Gasteiger partial charge is 0.308 e. The molecule has 33 heavy (non-hydrogen) atoms. The Kier molecular flexibility index (Phi) is 5.72. The molecule has 0 saturated heterocycles. The van der Waals surface area contributed by atoms with Gasteiger partial charge in [0.05, 0.1) is 10.9 Å². The predicted molar refractivity (Wildman–Crippen MR) is 132 cm³/mol. The zero-order valence-corrected chi connectivity index (χ0v) is 19.7. The van der Waals surface area contributed by atoms with Crippen LogP contribution >= 0.6 is 11.8 Å². The van der Waals surface area contributed by atoms with Crippen LogP contribution in [0, 0.1) is 6.92 Å². The Bertz CT molecular complexity index is 1300. The molecule has 1 aliphatic rings. The fourth-order valence-corrected chi connectivity index (χ4v) is 5.28. The summed E-state index contributed by atoms with van der Waals surface area (Å²) in [6.07, 6.45) is 4.37. The van der Waals surface area contributed by atoms with Gasteiger partial charge in [0, 0.05) is 29.7 Å². The zero-order chi connectivity index (χ0) is 22.9. The standard InChI is InChI=1S/C26H25N5OS/c1-17-8-4-6-10-22(17)31-24(20-12-14-27-15-13-20)28-29-26(31)33-19(3)25(32)30-18(2)16-21-9-5-7-11-23(21)30/h4-15,18-19H,16H2,1-3H3/t18-,19+/m1/s1. The molecule has 1 amide bonds. The topological polar surface area (TPSA) is 63.9 Å². The number of carbonyl (C=O) groups excluding carboxylic acids is 1. The van der Waals surface area contributed by atoms with Crippen LogP contribution < -0.4 is 4.90 Å². The van der Waals surface area contributed by atoms with Crippen LogP contribution in [0.5, 0.6) is 0 Å². The summed E-state index contributed by atoms with van der Waals surface area (Å²) < 4.78 is 2.04. The van der Waals surface area contributed by atoms with Crippen molar-refractivity contribution in [2.24, 2.45) is 0 Å². The average molecular weight is 456 g/mol. The maximum atomic E-state index is 13.6. The quantitative estimate of drug-likeness (QED) is 0.392. The lowest BCUT2D eigenvalue weighted by Gasteiger charge is -2.25. The molecule has 4 aromatic rings. The Morgan fingerprint density at radius 1 is 1.00 bits per heavy atom. The zero-order valence-electron chi connectivity index (χ0n) is 18.8. The number of fused-ring (bicyclic) bond motifs is 1. The Hall–Kier alpha value is -3.45. The lowest BCUT2D eigenvalue weighted by atomic mass is 10.1. The number of hydrogen-bond acceptors (Lipinski definition) is 5. The Morgan fingerprint density at radius 2 is 1.70 bits per heavy atom. The molecular formula is C26H25N5OS. The van der Waals surface area contributed by atoms with E-state index < -0.39 is 0 Å². The van der Waals surface area contributed by atoms with Crippen molar-refractivity contribution in [1.29, 1.82) is 0 Å². The second-order valence-corrected chi connectivity index (χ2v) is 9.62. The number of thioether (sulfide) groups is 1. The minimum absolute atomic E-state index is 0.0854. The van der Waals surface area contributed by atoms with Crippen molar-refractivity contribution < 1.29 is 4.79 Å². The maximum absolute atomic E-state index is 13.6. The molecule has 0 fully saturated rings. The number of anilines is 1. The highest BCUT2D eigenvalue weighted by molar-refractivity contribution is 8.00. The highest BCUT2D eigenvalue weighted by atomic mass is 32.2. The molecule has 2 aromatic heterocycles. The van der Waals surface area contributed by atoms with Crippen LogP contribution in [0.15, 0.2) is 78.2 Å². The molecule has 0 unspecified atom stereocenters. The summed E-state index contributed by atoms with van der Waals surface area (Å²) in [5.41, 5.74) is 5.26. The minimum atomic E-state index is -0.323. The first-order valence-corrected chi connectivity index (χ1v) is 11.9. The van der Waals surface area contributed by atoms with E-state index in [9.17, 15) is 4.79 Å². The average Bonchev–Trinajstić information content (AvgIpc) is 3.39. The number of nitrogens with zero attached hydrogens (tertiary/aromatic N) is 5. The number of hydrogen-bond donors (Lipinski definition) is 0. The van der Waals surface area contributed by atoms with Gasteiger partial charge in [0.25, 0.3) is 0 Å². The van der Waals surface area contributed by atoms with Gasteiger partial charge in [-0.05, 0) is 62.6 Å². The van der Waals surface area contributed by atoms with Crippen molar-refractivity contribution in [1.82, 2.24) is 19.7 Å². The second-order valence-electron chi connectivity index (χ2n) is 8.31. The molecule has 5 rings (SSSR count). The first-order valence-electron chi connectivity index (χ1n) is 11.0. The summed E-state index contributed by atoms with van der Waals surface area (Å²) in [5.74, 6) is 0.816. The van der Waals surface area contributed by atoms with Crippen LogP contribution in [0.4, 0.5) is 5.69 Å². The number of pyridine rings is 1. The monoisotopic (exact) mass is 455 g/mol. The molecule has 7 heteroatoms. The van der Waals surface area contributed by atoms with E-state index in [0.29, 0.717) is 5.16 Å². The SMILES string of the molecule is Cc1ccccc1-n1c(S[C@@H](C)C(=O)N2c3ccccc3C[C@H]2C)nnc1-c1ccncc1. The van der Waals surface area contributed by atoms with E-state index in [-0.39, 0.29) is 17.2 Å². The van der Waals surface area contributed by atoms with Gasteiger partial charge >= 0.3 is 0 Å². The van der Waals surface area contributed by atoms with Crippen LogP contribution in [0.1, 0.15) is 25.0 Å². The van der Waals surface area contributed by atoms with Crippen molar-refractivity contribution >= 4 is 23.4 Å². The molecule has 0 bridgehead atoms. The number of amides is 1. The van der Waals surface area contributed by atoms with Crippen LogP contribution in [-0.2, 0) is 11.2 Å². The third-order valence-electron chi connectivity index (χ3n) is 6.00. The number of carbonyl (C=O) groups is 1. The molecule has 2 aromatic carbocycles. The fraction of sp³-hybridized carbons (Fsp3) is 0.231. The number of aryl methyl sites for hydroxylation is 1. The molecule has 0 N–H and O–H groups in total. The molecule has 1 aliphatic heterocycles.